The molecule has 0 spiro atoms. The van der Waals surface area contributed by atoms with Gasteiger partial charge in [0.1, 0.15) is 10.7 Å². The Bertz CT molecular complexity index is 758. The maximum Gasteiger partial charge on any atom is 0.185 e. The van der Waals surface area contributed by atoms with Crippen molar-refractivity contribution in [2.24, 2.45) is 5.73 Å². The minimum absolute atomic E-state index is 0.00737. The van der Waals surface area contributed by atoms with Gasteiger partial charge < -0.3 is 5.73 Å². The number of benzene rings is 2. The second-order valence-electron chi connectivity index (χ2n) is 4.44. The van der Waals surface area contributed by atoms with Crippen LogP contribution >= 0.6 is 23.2 Å². The summed E-state index contributed by atoms with van der Waals surface area (Å²) in [6, 6.07) is 8.50. The summed E-state index contributed by atoms with van der Waals surface area (Å²) in [6.07, 6.45) is 0. The second-order valence-corrected chi connectivity index (χ2v) is 7.18. The van der Waals surface area contributed by atoms with Crippen molar-refractivity contribution in [2.75, 3.05) is 0 Å². The van der Waals surface area contributed by atoms with E-state index in [1.807, 2.05) is 0 Å². The number of rotatable bonds is 4. The summed E-state index contributed by atoms with van der Waals surface area (Å²) in [5, 5.41) is 0.118. The first kappa shape index (κ1) is 16.2. The van der Waals surface area contributed by atoms with E-state index in [1.165, 1.54) is 30.3 Å². The van der Waals surface area contributed by atoms with Crippen LogP contribution in [0.25, 0.3) is 0 Å². The van der Waals surface area contributed by atoms with E-state index in [0.717, 1.165) is 0 Å². The summed E-state index contributed by atoms with van der Waals surface area (Å²) >= 11 is 11.8. The van der Waals surface area contributed by atoms with Gasteiger partial charge in [0.25, 0.3) is 0 Å². The topological polar surface area (TPSA) is 60.2 Å². The SMILES string of the molecule is NCc1cc(CS(=O)(=O)c2c(Cl)cccc2Cl)ccc1F. The number of nitrogens with two attached hydrogens (primary N) is 1. The van der Waals surface area contributed by atoms with Crippen molar-refractivity contribution in [3.05, 3.63) is 63.4 Å². The Labute approximate surface area is 132 Å². The molecule has 0 aromatic heterocycles. The highest BCUT2D eigenvalue weighted by Crippen LogP contribution is 2.31. The Morgan fingerprint density at radius 3 is 2.29 bits per heavy atom. The number of halogens is 3. The van der Waals surface area contributed by atoms with Crippen molar-refractivity contribution < 1.29 is 12.8 Å². The zero-order valence-electron chi connectivity index (χ0n) is 10.8. The molecule has 0 heterocycles. The van der Waals surface area contributed by atoms with Crippen molar-refractivity contribution in [1.29, 1.82) is 0 Å². The summed E-state index contributed by atoms with van der Waals surface area (Å²) in [7, 11) is -3.74. The van der Waals surface area contributed by atoms with Crippen molar-refractivity contribution in [3.8, 4) is 0 Å². The number of sulfone groups is 1. The normalized spacial score (nSPS) is 11.6. The lowest BCUT2D eigenvalue weighted by Gasteiger charge is -2.10. The van der Waals surface area contributed by atoms with Crippen LogP contribution in [0.15, 0.2) is 41.3 Å². The van der Waals surface area contributed by atoms with Crippen LogP contribution in [0.2, 0.25) is 10.0 Å². The average Bonchev–Trinajstić information content (AvgIpc) is 2.40. The van der Waals surface area contributed by atoms with Gasteiger partial charge in [0.15, 0.2) is 9.84 Å². The smallest absolute Gasteiger partial charge is 0.185 e. The van der Waals surface area contributed by atoms with E-state index < -0.39 is 15.7 Å². The van der Waals surface area contributed by atoms with Gasteiger partial charge in [-0.25, -0.2) is 12.8 Å². The van der Waals surface area contributed by atoms with Gasteiger partial charge in [0.2, 0.25) is 0 Å². The highest BCUT2D eigenvalue weighted by atomic mass is 35.5. The van der Waals surface area contributed by atoms with Gasteiger partial charge in [-0.1, -0.05) is 41.4 Å². The first-order valence-electron chi connectivity index (χ1n) is 5.99. The van der Waals surface area contributed by atoms with Gasteiger partial charge in [0.05, 0.1) is 15.8 Å². The fourth-order valence-corrected chi connectivity index (χ4v) is 4.54. The van der Waals surface area contributed by atoms with Gasteiger partial charge in [0, 0.05) is 12.1 Å². The van der Waals surface area contributed by atoms with Crippen LogP contribution in [0, 0.1) is 5.82 Å². The lowest BCUT2D eigenvalue weighted by atomic mass is 10.1. The fourth-order valence-electron chi connectivity index (χ4n) is 1.95. The Hall–Kier alpha value is -1.14. The van der Waals surface area contributed by atoms with Crippen LogP contribution in [0.4, 0.5) is 4.39 Å². The molecule has 2 rings (SSSR count). The van der Waals surface area contributed by atoms with Gasteiger partial charge in [-0.3, -0.25) is 0 Å². The Kier molecular flexibility index (Phi) is 4.88. The third kappa shape index (κ3) is 3.55. The highest BCUT2D eigenvalue weighted by Gasteiger charge is 2.22. The minimum Gasteiger partial charge on any atom is -0.326 e. The van der Waals surface area contributed by atoms with Crippen LogP contribution < -0.4 is 5.73 Å². The van der Waals surface area contributed by atoms with E-state index in [1.54, 1.807) is 6.07 Å². The van der Waals surface area contributed by atoms with E-state index in [2.05, 4.69) is 0 Å². The molecule has 0 fully saturated rings. The summed E-state index contributed by atoms with van der Waals surface area (Å²) in [4.78, 5) is -0.119. The van der Waals surface area contributed by atoms with E-state index in [-0.39, 0.29) is 32.8 Å². The predicted octanol–water partition coefficient (Wildman–Crippen LogP) is 3.57. The molecule has 0 unspecified atom stereocenters. The van der Waals surface area contributed by atoms with Crippen molar-refractivity contribution in [2.45, 2.75) is 17.2 Å². The molecule has 0 atom stereocenters. The first-order chi connectivity index (χ1) is 9.85. The highest BCUT2D eigenvalue weighted by molar-refractivity contribution is 7.90. The van der Waals surface area contributed by atoms with E-state index in [0.29, 0.717) is 5.56 Å². The van der Waals surface area contributed by atoms with Gasteiger partial charge in [-0.2, -0.15) is 0 Å². The van der Waals surface area contributed by atoms with Gasteiger partial charge >= 0.3 is 0 Å². The molecule has 112 valence electrons. The lowest BCUT2D eigenvalue weighted by Crippen LogP contribution is -2.08. The molecule has 21 heavy (non-hydrogen) atoms. The molecule has 7 heteroatoms. The molecule has 0 amide bonds. The molecular formula is C14H12Cl2FNO2S. The van der Waals surface area contributed by atoms with Gasteiger partial charge in [-0.05, 0) is 23.8 Å². The third-order valence-electron chi connectivity index (χ3n) is 2.92. The molecule has 0 radical (unpaired) electrons. The molecule has 2 N–H and O–H groups in total. The average molecular weight is 348 g/mol. The monoisotopic (exact) mass is 347 g/mol. The van der Waals surface area contributed by atoms with Crippen molar-refractivity contribution in [1.82, 2.24) is 0 Å². The van der Waals surface area contributed by atoms with Crippen LogP contribution in [0.1, 0.15) is 11.1 Å². The third-order valence-corrected chi connectivity index (χ3v) is 5.55. The summed E-state index contributed by atoms with van der Waals surface area (Å²) < 4.78 is 38.3. The molecule has 0 aliphatic rings. The molecular weight excluding hydrogens is 336 g/mol. The molecule has 0 aliphatic carbocycles. The molecule has 2 aromatic rings. The summed E-state index contributed by atoms with van der Waals surface area (Å²) in [5.74, 6) is -0.793. The second kappa shape index (κ2) is 6.32. The number of hydrogen-bond donors (Lipinski definition) is 1. The van der Waals surface area contributed by atoms with Crippen molar-refractivity contribution >= 4 is 33.0 Å². The van der Waals surface area contributed by atoms with E-state index in [4.69, 9.17) is 28.9 Å². The maximum absolute atomic E-state index is 13.4. The number of hydrogen-bond acceptors (Lipinski definition) is 3. The van der Waals surface area contributed by atoms with Crippen LogP contribution in [-0.2, 0) is 22.1 Å². The lowest BCUT2D eigenvalue weighted by molar-refractivity contribution is 0.594. The largest absolute Gasteiger partial charge is 0.326 e. The fraction of sp³-hybridized carbons (Fsp3) is 0.143. The van der Waals surface area contributed by atoms with Crippen LogP contribution in [0.5, 0.6) is 0 Å². The zero-order chi connectivity index (χ0) is 15.6. The Balaban J connectivity index is 2.43. The van der Waals surface area contributed by atoms with Crippen LogP contribution in [-0.4, -0.2) is 8.42 Å². The van der Waals surface area contributed by atoms with E-state index >= 15 is 0 Å². The predicted molar refractivity (Wildman–Crippen MR) is 81.6 cm³/mol. The Morgan fingerprint density at radius 2 is 1.71 bits per heavy atom. The van der Waals surface area contributed by atoms with Crippen molar-refractivity contribution in [3.63, 3.8) is 0 Å². The standard InChI is InChI=1S/C14H12Cl2FNO2S/c15-11-2-1-3-12(16)14(11)21(19,20)8-9-4-5-13(17)10(6-9)7-18/h1-6H,7-8,18H2. The molecule has 2 aromatic carbocycles. The molecule has 0 aliphatic heterocycles. The van der Waals surface area contributed by atoms with Gasteiger partial charge in [-0.15, -0.1) is 0 Å². The van der Waals surface area contributed by atoms with E-state index in [9.17, 15) is 12.8 Å². The molecule has 3 nitrogen and oxygen atoms in total. The summed E-state index contributed by atoms with van der Waals surface area (Å²) in [5.41, 5.74) is 6.09. The van der Waals surface area contributed by atoms with Crippen LogP contribution in [0.3, 0.4) is 0 Å². The maximum atomic E-state index is 13.4. The molecule has 0 saturated heterocycles. The molecule has 0 bridgehead atoms. The zero-order valence-corrected chi connectivity index (χ0v) is 13.1. The Morgan fingerprint density at radius 1 is 1.10 bits per heavy atom. The quantitative estimate of drug-likeness (QED) is 0.919. The molecule has 0 saturated carbocycles. The minimum atomic E-state index is -3.74. The summed E-state index contributed by atoms with van der Waals surface area (Å²) in [6.45, 7) is -0.00737. The first-order valence-corrected chi connectivity index (χ1v) is 8.40.